The van der Waals surface area contributed by atoms with Crippen molar-refractivity contribution in [3.8, 4) is 0 Å². The number of anilines is 1. The van der Waals surface area contributed by atoms with Gasteiger partial charge in [0.25, 0.3) is 0 Å². The van der Waals surface area contributed by atoms with E-state index in [0.717, 1.165) is 49.7 Å². The maximum Gasteiger partial charge on any atom is 0.225 e. The first-order valence-corrected chi connectivity index (χ1v) is 7.99. The van der Waals surface area contributed by atoms with Gasteiger partial charge in [-0.05, 0) is 37.5 Å². The molecule has 2 heterocycles. The van der Waals surface area contributed by atoms with Crippen LogP contribution in [0.25, 0.3) is 0 Å². The Morgan fingerprint density at radius 2 is 2.29 bits per heavy atom. The molecule has 2 aliphatic rings. The number of hydrogen-bond acceptors (Lipinski definition) is 3. The molecule has 1 aromatic carbocycles. The Morgan fingerprint density at radius 3 is 3.05 bits per heavy atom. The van der Waals surface area contributed by atoms with Crippen LogP contribution in [0.15, 0.2) is 24.3 Å². The average Bonchev–Trinajstić information content (AvgIpc) is 2.97. The van der Waals surface area contributed by atoms with Crippen LogP contribution in [0.5, 0.6) is 0 Å². The Balaban J connectivity index is 1.53. The van der Waals surface area contributed by atoms with Gasteiger partial charge in [0.2, 0.25) is 5.91 Å². The minimum Gasteiger partial charge on any atom is -0.381 e. The molecular formula is C16H21ClN2O2. The summed E-state index contributed by atoms with van der Waals surface area (Å²) in [5.74, 6) is 0.173. The highest BCUT2D eigenvalue weighted by atomic mass is 35.5. The largest absolute Gasteiger partial charge is 0.381 e. The highest BCUT2D eigenvalue weighted by Crippen LogP contribution is 2.24. The fourth-order valence-corrected chi connectivity index (χ4v) is 3.24. The summed E-state index contributed by atoms with van der Waals surface area (Å²) in [6, 6.07) is 8.09. The molecule has 1 N–H and O–H groups in total. The zero-order chi connectivity index (χ0) is 14.7. The van der Waals surface area contributed by atoms with Crippen LogP contribution < -0.4 is 10.2 Å². The Kier molecular flexibility index (Phi) is 4.66. The second kappa shape index (κ2) is 6.67. The average molecular weight is 309 g/mol. The van der Waals surface area contributed by atoms with Crippen LogP contribution in [0.1, 0.15) is 19.3 Å². The maximum atomic E-state index is 12.2. The molecule has 2 aliphatic heterocycles. The fraction of sp³-hybridized carbons (Fsp3) is 0.562. The molecule has 21 heavy (non-hydrogen) atoms. The van der Waals surface area contributed by atoms with Gasteiger partial charge in [0.1, 0.15) is 0 Å². The minimum atomic E-state index is 0.0268. The third-order valence-electron chi connectivity index (χ3n) is 4.24. The molecule has 0 bridgehead atoms. The summed E-state index contributed by atoms with van der Waals surface area (Å²) in [6.07, 6.45) is 2.90. The van der Waals surface area contributed by atoms with Gasteiger partial charge in [-0.3, -0.25) is 4.79 Å². The zero-order valence-corrected chi connectivity index (χ0v) is 12.8. The van der Waals surface area contributed by atoms with Gasteiger partial charge in [-0.2, -0.15) is 0 Å². The van der Waals surface area contributed by atoms with Gasteiger partial charge >= 0.3 is 0 Å². The number of amides is 1. The van der Waals surface area contributed by atoms with Crippen molar-refractivity contribution >= 4 is 23.2 Å². The monoisotopic (exact) mass is 308 g/mol. The third kappa shape index (κ3) is 3.69. The van der Waals surface area contributed by atoms with E-state index < -0.39 is 0 Å². The molecule has 114 valence electrons. The van der Waals surface area contributed by atoms with Crippen LogP contribution in [-0.2, 0) is 9.53 Å². The van der Waals surface area contributed by atoms with Gasteiger partial charge in [0, 0.05) is 36.4 Å². The molecule has 1 aromatic rings. The van der Waals surface area contributed by atoms with Crippen LogP contribution in [0, 0.1) is 5.92 Å². The maximum absolute atomic E-state index is 12.2. The van der Waals surface area contributed by atoms with E-state index in [0.29, 0.717) is 6.61 Å². The van der Waals surface area contributed by atoms with Crippen molar-refractivity contribution in [2.45, 2.75) is 25.3 Å². The van der Waals surface area contributed by atoms with Gasteiger partial charge in [-0.25, -0.2) is 0 Å². The first kappa shape index (κ1) is 14.7. The molecule has 4 nitrogen and oxygen atoms in total. The van der Waals surface area contributed by atoms with Crippen molar-refractivity contribution < 1.29 is 9.53 Å². The molecule has 0 saturated carbocycles. The van der Waals surface area contributed by atoms with E-state index in [1.165, 1.54) is 0 Å². The summed E-state index contributed by atoms with van der Waals surface area (Å²) in [6.45, 7) is 3.15. The number of carbonyl (C=O) groups excluding carboxylic acids is 1. The van der Waals surface area contributed by atoms with E-state index in [9.17, 15) is 4.79 Å². The lowest BCUT2D eigenvalue weighted by molar-refractivity contribution is -0.129. The third-order valence-corrected chi connectivity index (χ3v) is 4.47. The molecule has 2 fully saturated rings. The molecule has 0 aliphatic carbocycles. The first-order chi connectivity index (χ1) is 10.2. The number of rotatable bonds is 3. The molecule has 1 amide bonds. The lowest BCUT2D eigenvalue weighted by Crippen LogP contribution is -2.42. The highest BCUT2D eigenvalue weighted by Gasteiger charge is 2.28. The Labute approximate surface area is 130 Å². The number of hydrogen-bond donors (Lipinski definition) is 1. The van der Waals surface area contributed by atoms with E-state index in [-0.39, 0.29) is 17.9 Å². The molecule has 0 radical (unpaired) electrons. The summed E-state index contributed by atoms with van der Waals surface area (Å²) >= 11 is 6.04. The number of halogens is 1. The van der Waals surface area contributed by atoms with Crippen molar-refractivity contribution in [1.29, 1.82) is 0 Å². The second-order valence-corrected chi connectivity index (χ2v) is 6.27. The number of benzene rings is 1. The Hall–Kier alpha value is -1.26. The SMILES string of the molecule is O=C(N[C@@H]1CCN(c2cccc(Cl)c2)C1)[C@H]1CCCOC1. The fourth-order valence-electron chi connectivity index (χ4n) is 3.05. The van der Waals surface area contributed by atoms with Crippen molar-refractivity contribution in [2.24, 2.45) is 5.92 Å². The highest BCUT2D eigenvalue weighted by molar-refractivity contribution is 6.30. The molecular weight excluding hydrogens is 288 g/mol. The molecule has 5 heteroatoms. The van der Waals surface area contributed by atoms with E-state index in [1.807, 2.05) is 18.2 Å². The Bertz CT molecular complexity index is 503. The summed E-state index contributed by atoms with van der Waals surface area (Å²) in [5.41, 5.74) is 1.13. The molecule has 2 saturated heterocycles. The van der Waals surface area contributed by atoms with Gasteiger partial charge in [-0.1, -0.05) is 17.7 Å². The predicted octanol–water partition coefficient (Wildman–Crippen LogP) is 2.46. The van der Waals surface area contributed by atoms with Crippen LogP contribution >= 0.6 is 11.6 Å². The predicted molar refractivity (Wildman–Crippen MR) is 83.8 cm³/mol. The van der Waals surface area contributed by atoms with Crippen LogP contribution in [0.3, 0.4) is 0 Å². The Morgan fingerprint density at radius 1 is 1.38 bits per heavy atom. The molecule has 2 atom stereocenters. The quantitative estimate of drug-likeness (QED) is 0.932. The molecule has 0 unspecified atom stereocenters. The minimum absolute atomic E-state index is 0.0268. The van der Waals surface area contributed by atoms with Gasteiger partial charge in [0.05, 0.1) is 12.5 Å². The van der Waals surface area contributed by atoms with Crippen LogP contribution in [0.4, 0.5) is 5.69 Å². The summed E-state index contributed by atoms with van der Waals surface area (Å²) in [5, 5.41) is 3.92. The number of nitrogens with one attached hydrogen (secondary N) is 1. The summed E-state index contributed by atoms with van der Waals surface area (Å²) < 4.78 is 5.39. The normalized spacial score (nSPS) is 25.9. The van der Waals surface area contributed by atoms with E-state index >= 15 is 0 Å². The van der Waals surface area contributed by atoms with E-state index in [1.54, 1.807) is 0 Å². The van der Waals surface area contributed by atoms with Gasteiger partial charge in [-0.15, -0.1) is 0 Å². The van der Waals surface area contributed by atoms with E-state index in [2.05, 4.69) is 16.3 Å². The van der Waals surface area contributed by atoms with Crippen molar-refractivity contribution in [3.63, 3.8) is 0 Å². The van der Waals surface area contributed by atoms with Crippen LogP contribution in [0.2, 0.25) is 5.02 Å². The molecule has 0 spiro atoms. The first-order valence-electron chi connectivity index (χ1n) is 7.61. The summed E-state index contributed by atoms with van der Waals surface area (Å²) in [4.78, 5) is 14.5. The lowest BCUT2D eigenvalue weighted by atomic mass is 10.0. The molecule has 0 aromatic heterocycles. The second-order valence-electron chi connectivity index (χ2n) is 5.83. The molecule has 3 rings (SSSR count). The smallest absolute Gasteiger partial charge is 0.225 e. The number of ether oxygens (including phenoxy) is 1. The van der Waals surface area contributed by atoms with E-state index in [4.69, 9.17) is 16.3 Å². The number of carbonyl (C=O) groups is 1. The van der Waals surface area contributed by atoms with Gasteiger partial charge in [0.15, 0.2) is 0 Å². The van der Waals surface area contributed by atoms with Crippen molar-refractivity contribution in [2.75, 3.05) is 31.2 Å². The zero-order valence-electron chi connectivity index (χ0n) is 12.1. The van der Waals surface area contributed by atoms with Crippen molar-refractivity contribution in [1.82, 2.24) is 5.32 Å². The number of nitrogens with zero attached hydrogens (tertiary/aromatic N) is 1. The topological polar surface area (TPSA) is 41.6 Å². The standard InChI is InChI=1S/C16H21ClN2O2/c17-13-4-1-5-15(9-13)19-7-6-14(10-19)18-16(20)12-3-2-8-21-11-12/h1,4-5,9,12,14H,2-3,6-8,10-11H2,(H,18,20)/t12-,14+/m0/s1. The van der Waals surface area contributed by atoms with Gasteiger partial charge < -0.3 is 15.0 Å². The van der Waals surface area contributed by atoms with Crippen molar-refractivity contribution in [3.05, 3.63) is 29.3 Å². The lowest BCUT2D eigenvalue weighted by Gasteiger charge is -2.24. The van der Waals surface area contributed by atoms with Crippen LogP contribution in [-0.4, -0.2) is 38.3 Å². The summed E-state index contributed by atoms with van der Waals surface area (Å²) in [7, 11) is 0.